The zero-order valence-electron chi connectivity index (χ0n) is 19.4. The summed E-state index contributed by atoms with van der Waals surface area (Å²) in [4.78, 5) is 26.5. The number of nitrogens with zero attached hydrogens (tertiary/aromatic N) is 4. The Hall–Kier alpha value is -2.10. The molecule has 2 fully saturated rings. The molecule has 2 aromatic rings. The molecule has 0 radical (unpaired) electrons. The SMILES string of the molecule is CC1CC(O)c2ncnc(N3CCN(C(=O)C(CNCC4CC4)c4ccc(Br)c(F)c4)CC3)c21. The predicted octanol–water partition coefficient (Wildman–Crippen LogP) is 3.35. The summed E-state index contributed by atoms with van der Waals surface area (Å²) in [6.07, 6.45) is 4.13. The van der Waals surface area contributed by atoms with Crippen LogP contribution in [0.1, 0.15) is 60.9 Å². The van der Waals surface area contributed by atoms with E-state index in [1.807, 2.05) is 11.0 Å². The normalized spacial score (nSPS) is 23.2. The Morgan fingerprint density at radius 3 is 2.74 bits per heavy atom. The molecule has 2 heterocycles. The molecule has 2 N–H and O–H groups in total. The Labute approximate surface area is 207 Å². The molecular formula is C25H31BrFN5O2. The van der Waals surface area contributed by atoms with Gasteiger partial charge in [0.15, 0.2) is 0 Å². The molecule has 1 saturated carbocycles. The van der Waals surface area contributed by atoms with Gasteiger partial charge in [-0.2, -0.15) is 0 Å². The number of rotatable bonds is 7. The highest BCUT2D eigenvalue weighted by Crippen LogP contribution is 2.42. The Morgan fingerprint density at radius 1 is 1.26 bits per heavy atom. The molecule has 3 atom stereocenters. The topological polar surface area (TPSA) is 81.6 Å². The number of piperazine rings is 1. The van der Waals surface area contributed by atoms with Gasteiger partial charge in [0.05, 0.1) is 22.2 Å². The van der Waals surface area contributed by atoms with Crippen LogP contribution in [0.5, 0.6) is 0 Å². The van der Waals surface area contributed by atoms with Crippen LogP contribution in [0.4, 0.5) is 10.2 Å². The van der Waals surface area contributed by atoms with Gasteiger partial charge >= 0.3 is 0 Å². The van der Waals surface area contributed by atoms with Crippen molar-refractivity contribution >= 4 is 27.7 Å². The largest absolute Gasteiger partial charge is 0.387 e. The number of halogens is 2. The van der Waals surface area contributed by atoms with Crippen LogP contribution in [-0.4, -0.2) is 65.2 Å². The molecule has 34 heavy (non-hydrogen) atoms. The maximum absolute atomic E-state index is 14.3. The minimum absolute atomic E-state index is 0.0291. The number of carbonyl (C=O) groups excluding carboxylic acids is 1. The van der Waals surface area contributed by atoms with Crippen molar-refractivity contribution in [1.82, 2.24) is 20.2 Å². The summed E-state index contributed by atoms with van der Waals surface area (Å²) >= 11 is 3.21. The number of aliphatic hydroxyl groups excluding tert-OH is 1. The number of aromatic nitrogens is 2. The summed E-state index contributed by atoms with van der Waals surface area (Å²) in [5, 5.41) is 13.7. The van der Waals surface area contributed by atoms with Crippen LogP contribution in [0.3, 0.4) is 0 Å². The zero-order chi connectivity index (χ0) is 23.8. The van der Waals surface area contributed by atoms with E-state index >= 15 is 0 Å². The Morgan fingerprint density at radius 2 is 2.03 bits per heavy atom. The Kier molecular flexibility index (Phi) is 6.86. The molecule has 9 heteroatoms. The molecule has 5 rings (SSSR count). The molecule has 1 aromatic heterocycles. The van der Waals surface area contributed by atoms with Crippen molar-refractivity contribution < 1.29 is 14.3 Å². The molecule has 2 aliphatic carbocycles. The van der Waals surface area contributed by atoms with E-state index in [-0.39, 0.29) is 17.6 Å². The summed E-state index contributed by atoms with van der Waals surface area (Å²) in [5.41, 5.74) is 2.46. The average Bonchev–Trinajstić information content (AvgIpc) is 3.62. The number of hydrogen-bond donors (Lipinski definition) is 2. The molecule has 1 saturated heterocycles. The molecule has 0 bridgehead atoms. The summed E-state index contributed by atoms with van der Waals surface area (Å²) < 4.78 is 14.7. The quantitative estimate of drug-likeness (QED) is 0.570. The first-order valence-electron chi connectivity index (χ1n) is 12.1. The molecular weight excluding hydrogens is 501 g/mol. The molecule has 7 nitrogen and oxygen atoms in total. The van der Waals surface area contributed by atoms with Crippen LogP contribution in [0.25, 0.3) is 0 Å². The fraction of sp³-hybridized carbons (Fsp3) is 0.560. The van der Waals surface area contributed by atoms with Gasteiger partial charge in [0.2, 0.25) is 5.91 Å². The number of nitrogens with one attached hydrogen (secondary N) is 1. The van der Waals surface area contributed by atoms with E-state index < -0.39 is 12.0 Å². The van der Waals surface area contributed by atoms with Gasteiger partial charge in [-0.25, -0.2) is 14.4 Å². The number of benzene rings is 1. The fourth-order valence-electron chi connectivity index (χ4n) is 5.14. The van der Waals surface area contributed by atoms with Gasteiger partial charge in [0.25, 0.3) is 0 Å². The van der Waals surface area contributed by atoms with Crippen molar-refractivity contribution in [3.05, 3.63) is 51.6 Å². The molecule has 1 aliphatic heterocycles. The number of carbonyl (C=O) groups is 1. The Balaban J connectivity index is 1.28. The maximum Gasteiger partial charge on any atom is 0.231 e. The standard InChI is InChI=1S/C25H31BrFN5O2/c1-15-10-21(33)23-22(15)24(30-14-29-23)31-6-8-32(9-7-31)25(34)18(13-28-12-16-2-3-16)17-4-5-19(26)20(27)11-17/h4-5,11,14-16,18,21,28,33H,2-3,6-10,12-13H2,1H3. The van der Waals surface area contributed by atoms with Crippen molar-refractivity contribution in [3.8, 4) is 0 Å². The first-order valence-corrected chi connectivity index (χ1v) is 12.9. The van der Waals surface area contributed by atoms with E-state index in [1.165, 1.54) is 25.2 Å². The zero-order valence-corrected chi connectivity index (χ0v) is 21.0. The van der Waals surface area contributed by atoms with Crippen LogP contribution in [0.15, 0.2) is 29.0 Å². The second-order valence-electron chi connectivity index (χ2n) is 9.79. The van der Waals surface area contributed by atoms with E-state index in [4.69, 9.17) is 0 Å². The third-order valence-corrected chi connectivity index (χ3v) is 7.94. The second kappa shape index (κ2) is 9.87. The lowest BCUT2D eigenvalue weighted by Gasteiger charge is -2.38. The van der Waals surface area contributed by atoms with Gasteiger partial charge in [0.1, 0.15) is 18.0 Å². The fourth-order valence-corrected chi connectivity index (χ4v) is 5.39. The number of anilines is 1. The minimum atomic E-state index is -0.537. The van der Waals surface area contributed by atoms with Gasteiger partial charge in [-0.05, 0) is 71.3 Å². The van der Waals surface area contributed by atoms with E-state index in [2.05, 4.69) is 43.0 Å². The van der Waals surface area contributed by atoms with Crippen molar-refractivity contribution in [2.24, 2.45) is 5.92 Å². The van der Waals surface area contributed by atoms with E-state index in [9.17, 15) is 14.3 Å². The highest BCUT2D eigenvalue weighted by molar-refractivity contribution is 9.10. The van der Waals surface area contributed by atoms with Crippen molar-refractivity contribution in [2.45, 2.75) is 44.1 Å². The average molecular weight is 532 g/mol. The van der Waals surface area contributed by atoms with Gasteiger partial charge in [0, 0.05) is 38.3 Å². The van der Waals surface area contributed by atoms with Crippen molar-refractivity contribution in [2.75, 3.05) is 44.2 Å². The highest BCUT2D eigenvalue weighted by Gasteiger charge is 2.35. The first kappa shape index (κ1) is 23.6. The Bertz CT molecular complexity index is 1060. The highest BCUT2D eigenvalue weighted by atomic mass is 79.9. The number of aliphatic hydroxyl groups is 1. The summed E-state index contributed by atoms with van der Waals surface area (Å²) in [6, 6.07) is 4.98. The maximum atomic E-state index is 14.3. The van der Waals surface area contributed by atoms with Crippen LogP contribution in [-0.2, 0) is 4.79 Å². The summed E-state index contributed by atoms with van der Waals surface area (Å²) in [5.74, 6) is 1.04. The molecule has 3 aliphatic rings. The third-order valence-electron chi connectivity index (χ3n) is 7.29. The van der Waals surface area contributed by atoms with Crippen molar-refractivity contribution in [1.29, 1.82) is 0 Å². The minimum Gasteiger partial charge on any atom is -0.387 e. The second-order valence-corrected chi connectivity index (χ2v) is 10.6. The lowest BCUT2D eigenvalue weighted by Crippen LogP contribution is -2.51. The molecule has 1 aromatic carbocycles. The van der Waals surface area contributed by atoms with Crippen LogP contribution in [0.2, 0.25) is 0 Å². The van der Waals surface area contributed by atoms with Crippen LogP contribution < -0.4 is 10.2 Å². The molecule has 1 amide bonds. The van der Waals surface area contributed by atoms with Gasteiger partial charge in [-0.1, -0.05) is 13.0 Å². The van der Waals surface area contributed by atoms with Crippen molar-refractivity contribution in [3.63, 3.8) is 0 Å². The summed E-state index contributed by atoms with van der Waals surface area (Å²) in [7, 11) is 0. The lowest BCUT2D eigenvalue weighted by atomic mass is 9.96. The third kappa shape index (κ3) is 4.83. The van der Waals surface area contributed by atoms with Gasteiger partial charge < -0.3 is 20.2 Å². The lowest BCUT2D eigenvalue weighted by molar-refractivity contribution is -0.133. The molecule has 0 spiro atoms. The number of amides is 1. The van der Waals surface area contributed by atoms with E-state index in [0.29, 0.717) is 55.1 Å². The molecule has 182 valence electrons. The van der Waals surface area contributed by atoms with Gasteiger partial charge in [-0.3, -0.25) is 4.79 Å². The van der Waals surface area contributed by atoms with E-state index in [0.717, 1.165) is 23.6 Å². The number of hydrogen-bond acceptors (Lipinski definition) is 6. The summed E-state index contributed by atoms with van der Waals surface area (Å²) in [6.45, 7) is 5.98. The first-order chi connectivity index (χ1) is 16.4. The van der Waals surface area contributed by atoms with Gasteiger partial charge in [-0.15, -0.1) is 0 Å². The van der Waals surface area contributed by atoms with Crippen LogP contribution >= 0.6 is 15.9 Å². The van der Waals surface area contributed by atoms with Crippen LogP contribution in [0, 0.1) is 11.7 Å². The predicted molar refractivity (Wildman–Crippen MR) is 131 cm³/mol. The van der Waals surface area contributed by atoms with E-state index in [1.54, 1.807) is 6.07 Å². The smallest absolute Gasteiger partial charge is 0.231 e. The number of fused-ring (bicyclic) bond motifs is 1. The molecule has 3 unspecified atom stereocenters. The monoisotopic (exact) mass is 531 g/mol.